The molecule has 1 saturated carbocycles. The molecule has 5 heteroatoms. The van der Waals surface area contributed by atoms with Crippen LogP contribution in [0, 0.1) is 11.8 Å². The Hall–Kier alpha value is -1.91. The van der Waals surface area contributed by atoms with Gasteiger partial charge in [-0.25, -0.2) is 0 Å². The maximum atomic E-state index is 11.9. The Balaban J connectivity index is 2.03. The number of carbonyl (C=O) groups excluding carboxylic acids is 1. The summed E-state index contributed by atoms with van der Waals surface area (Å²) in [7, 11) is 0. The molecule has 0 bridgehead atoms. The molecule has 2 N–H and O–H groups in total. The van der Waals surface area contributed by atoms with Crippen LogP contribution < -0.4 is 5.32 Å². The van der Waals surface area contributed by atoms with Crippen LogP contribution in [-0.4, -0.2) is 22.0 Å². The van der Waals surface area contributed by atoms with E-state index >= 15 is 0 Å². The van der Waals surface area contributed by atoms with Gasteiger partial charge in [-0.05, 0) is 25.0 Å². The fraction of sp³-hybridized carbons (Fsp3) is 0.417. The monoisotopic (exact) mass is 234 g/mol. The third kappa shape index (κ3) is 2.61. The lowest BCUT2D eigenvalue weighted by atomic mass is 9.95. The molecule has 0 radical (unpaired) electrons. The van der Waals surface area contributed by atoms with Gasteiger partial charge in [0.25, 0.3) is 0 Å². The first-order valence-corrected chi connectivity index (χ1v) is 5.62. The van der Waals surface area contributed by atoms with Gasteiger partial charge in [-0.3, -0.25) is 14.6 Å². The summed E-state index contributed by atoms with van der Waals surface area (Å²) in [6.07, 6.45) is 5.20. The van der Waals surface area contributed by atoms with Gasteiger partial charge in [0.1, 0.15) is 0 Å². The van der Waals surface area contributed by atoms with Gasteiger partial charge < -0.3 is 10.4 Å². The highest BCUT2D eigenvalue weighted by Crippen LogP contribution is 2.32. The van der Waals surface area contributed by atoms with E-state index in [1.54, 1.807) is 24.5 Å². The lowest BCUT2D eigenvalue weighted by Gasteiger charge is -2.15. The number of hydrogen-bond acceptors (Lipinski definition) is 3. The second-order valence-corrected chi connectivity index (χ2v) is 4.21. The minimum atomic E-state index is -0.877. The highest BCUT2D eigenvalue weighted by atomic mass is 16.4. The zero-order valence-electron chi connectivity index (χ0n) is 9.30. The van der Waals surface area contributed by atoms with Crippen LogP contribution in [0.4, 0.5) is 5.69 Å². The van der Waals surface area contributed by atoms with E-state index in [4.69, 9.17) is 5.11 Å². The van der Waals surface area contributed by atoms with E-state index in [-0.39, 0.29) is 5.91 Å². The molecule has 5 nitrogen and oxygen atoms in total. The van der Waals surface area contributed by atoms with Crippen molar-refractivity contribution in [2.75, 3.05) is 5.32 Å². The lowest BCUT2D eigenvalue weighted by Crippen LogP contribution is -2.29. The standard InChI is InChI=1S/C12H14N2O3/c15-11(14-8-4-6-13-7-5-8)9-2-1-3-10(9)12(16)17/h4-7,9-10H,1-3H2,(H,16,17)(H,13,14,15)/t9-,10+/m1/s1. The summed E-state index contributed by atoms with van der Waals surface area (Å²) in [4.78, 5) is 26.8. The van der Waals surface area contributed by atoms with Crippen LogP contribution in [0.2, 0.25) is 0 Å². The average Bonchev–Trinajstić information content (AvgIpc) is 2.79. The van der Waals surface area contributed by atoms with Gasteiger partial charge in [0.2, 0.25) is 5.91 Å². The second-order valence-electron chi connectivity index (χ2n) is 4.21. The molecule has 1 heterocycles. The largest absolute Gasteiger partial charge is 0.481 e. The summed E-state index contributed by atoms with van der Waals surface area (Å²) in [5, 5.41) is 11.7. The third-order valence-corrected chi connectivity index (χ3v) is 3.12. The SMILES string of the molecule is O=C(O)[C@H]1CCC[C@H]1C(=O)Nc1ccncc1. The van der Waals surface area contributed by atoms with Gasteiger partial charge in [0.15, 0.2) is 0 Å². The molecule has 0 aromatic carbocycles. The van der Waals surface area contributed by atoms with Crippen molar-refractivity contribution in [2.45, 2.75) is 19.3 Å². The topological polar surface area (TPSA) is 79.3 Å². The quantitative estimate of drug-likeness (QED) is 0.831. The molecule has 2 atom stereocenters. The van der Waals surface area contributed by atoms with Crippen LogP contribution in [0.1, 0.15) is 19.3 Å². The molecule has 1 aromatic rings. The molecule has 2 rings (SSSR count). The molecule has 90 valence electrons. The van der Waals surface area contributed by atoms with Crippen molar-refractivity contribution in [1.82, 2.24) is 4.98 Å². The summed E-state index contributed by atoms with van der Waals surface area (Å²) < 4.78 is 0. The van der Waals surface area contributed by atoms with Crippen LogP contribution in [0.3, 0.4) is 0 Å². The highest BCUT2D eigenvalue weighted by Gasteiger charge is 2.37. The Morgan fingerprint density at radius 1 is 1.24 bits per heavy atom. The van der Waals surface area contributed by atoms with Crippen LogP contribution in [-0.2, 0) is 9.59 Å². The summed E-state index contributed by atoms with van der Waals surface area (Å²) in [5.74, 6) is -2.05. The average molecular weight is 234 g/mol. The van der Waals surface area contributed by atoms with Crippen LogP contribution >= 0.6 is 0 Å². The number of amides is 1. The number of aliphatic carboxylic acids is 1. The molecule has 0 aliphatic heterocycles. The molecule has 17 heavy (non-hydrogen) atoms. The molecule has 0 saturated heterocycles. The van der Waals surface area contributed by atoms with Crippen LogP contribution in [0.15, 0.2) is 24.5 Å². The molecule has 1 fully saturated rings. The molecule has 1 aliphatic rings. The number of anilines is 1. The molecule has 1 amide bonds. The fourth-order valence-corrected chi connectivity index (χ4v) is 2.24. The van der Waals surface area contributed by atoms with Gasteiger partial charge in [-0.15, -0.1) is 0 Å². The van der Waals surface area contributed by atoms with Gasteiger partial charge in [-0.2, -0.15) is 0 Å². The van der Waals surface area contributed by atoms with Crippen molar-refractivity contribution in [2.24, 2.45) is 11.8 Å². The number of carboxylic acid groups (broad SMARTS) is 1. The fourth-order valence-electron chi connectivity index (χ4n) is 2.24. The minimum Gasteiger partial charge on any atom is -0.481 e. The van der Waals surface area contributed by atoms with E-state index in [1.165, 1.54) is 0 Å². The zero-order valence-corrected chi connectivity index (χ0v) is 9.30. The molecular formula is C12H14N2O3. The molecule has 0 unspecified atom stereocenters. The lowest BCUT2D eigenvalue weighted by molar-refractivity contribution is -0.145. The summed E-state index contributed by atoms with van der Waals surface area (Å²) in [6.45, 7) is 0. The number of carbonyl (C=O) groups is 2. The third-order valence-electron chi connectivity index (χ3n) is 3.12. The van der Waals surface area contributed by atoms with Crippen molar-refractivity contribution in [1.29, 1.82) is 0 Å². The van der Waals surface area contributed by atoms with Gasteiger partial charge >= 0.3 is 5.97 Å². The van der Waals surface area contributed by atoms with Crippen molar-refractivity contribution in [3.63, 3.8) is 0 Å². The van der Waals surface area contributed by atoms with E-state index in [0.717, 1.165) is 6.42 Å². The Morgan fingerprint density at radius 3 is 2.53 bits per heavy atom. The normalized spacial score (nSPS) is 23.3. The summed E-state index contributed by atoms with van der Waals surface area (Å²) >= 11 is 0. The minimum absolute atomic E-state index is 0.207. The van der Waals surface area contributed by atoms with Gasteiger partial charge in [0, 0.05) is 18.1 Å². The van der Waals surface area contributed by atoms with E-state index < -0.39 is 17.8 Å². The maximum Gasteiger partial charge on any atom is 0.307 e. The van der Waals surface area contributed by atoms with Gasteiger partial charge in [0.05, 0.1) is 11.8 Å². The number of nitrogens with zero attached hydrogens (tertiary/aromatic N) is 1. The Morgan fingerprint density at radius 2 is 1.88 bits per heavy atom. The summed E-state index contributed by atoms with van der Waals surface area (Å²) in [6, 6.07) is 3.37. The van der Waals surface area contributed by atoms with E-state index in [0.29, 0.717) is 18.5 Å². The van der Waals surface area contributed by atoms with Crippen LogP contribution in [0.25, 0.3) is 0 Å². The summed E-state index contributed by atoms with van der Waals surface area (Å²) in [5.41, 5.74) is 0.654. The van der Waals surface area contributed by atoms with Crippen LogP contribution in [0.5, 0.6) is 0 Å². The maximum absolute atomic E-state index is 11.9. The number of aromatic nitrogens is 1. The molecule has 1 aromatic heterocycles. The van der Waals surface area contributed by atoms with Gasteiger partial charge in [-0.1, -0.05) is 6.42 Å². The van der Waals surface area contributed by atoms with E-state index in [9.17, 15) is 9.59 Å². The molecule has 1 aliphatic carbocycles. The Bertz CT molecular complexity index is 419. The van der Waals surface area contributed by atoms with Crippen molar-refractivity contribution in [3.8, 4) is 0 Å². The van der Waals surface area contributed by atoms with Crippen molar-refractivity contribution >= 4 is 17.6 Å². The number of pyridine rings is 1. The first-order chi connectivity index (χ1) is 8.18. The zero-order chi connectivity index (χ0) is 12.3. The van der Waals surface area contributed by atoms with Crippen molar-refractivity contribution in [3.05, 3.63) is 24.5 Å². The number of nitrogens with one attached hydrogen (secondary N) is 1. The molecular weight excluding hydrogens is 220 g/mol. The highest BCUT2D eigenvalue weighted by molar-refractivity contribution is 5.95. The molecule has 0 spiro atoms. The predicted octanol–water partition coefficient (Wildman–Crippen LogP) is 1.52. The number of rotatable bonds is 3. The Labute approximate surface area is 98.9 Å². The second kappa shape index (κ2) is 4.95. The van der Waals surface area contributed by atoms with Crippen molar-refractivity contribution < 1.29 is 14.7 Å². The van der Waals surface area contributed by atoms with E-state index in [1.807, 2.05) is 0 Å². The predicted molar refractivity (Wildman–Crippen MR) is 61.3 cm³/mol. The first kappa shape index (κ1) is 11.6. The number of carboxylic acids is 1. The first-order valence-electron chi connectivity index (χ1n) is 5.62. The number of hydrogen-bond donors (Lipinski definition) is 2. The van der Waals surface area contributed by atoms with E-state index in [2.05, 4.69) is 10.3 Å². The Kier molecular flexibility index (Phi) is 3.37. The smallest absolute Gasteiger partial charge is 0.307 e.